The molecule has 0 bridgehead atoms. The number of hydrogen-bond donors (Lipinski definition) is 1. The quantitative estimate of drug-likeness (QED) is 0.383. The number of nitrogens with zero attached hydrogens (tertiary/aromatic N) is 3. The van der Waals surface area contributed by atoms with E-state index in [1.165, 1.54) is 21.3 Å². The van der Waals surface area contributed by atoms with Gasteiger partial charge in [0.25, 0.3) is 0 Å². The lowest BCUT2D eigenvalue weighted by molar-refractivity contribution is -0.153. The molecule has 0 aromatic heterocycles. The van der Waals surface area contributed by atoms with Crippen molar-refractivity contribution in [3.8, 4) is 28.7 Å². The molecule has 0 aliphatic carbocycles. The molecule has 3 aliphatic heterocycles. The predicted octanol–water partition coefficient (Wildman–Crippen LogP) is 1.97. The van der Waals surface area contributed by atoms with E-state index in [0.717, 1.165) is 36.7 Å². The molecule has 0 spiro atoms. The third-order valence-corrected chi connectivity index (χ3v) is 7.18. The van der Waals surface area contributed by atoms with Gasteiger partial charge in [-0.05, 0) is 42.3 Å². The second-order valence-corrected chi connectivity index (χ2v) is 9.53. The van der Waals surface area contributed by atoms with E-state index in [2.05, 4.69) is 10.2 Å². The van der Waals surface area contributed by atoms with E-state index in [1.807, 2.05) is 23.1 Å². The number of methoxy groups -OCH3 is 3. The highest BCUT2D eigenvalue weighted by molar-refractivity contribution is 6.08. The molecule has 2 aromatic carbocycles. The highest BCUT2D eigenvalue weighted by atomic mass is 16.7. The van der Waals surface area contributed by atoms with Gasteiger partial charge in [0.2, 0.25) is 24.4 Å². The summed E-state index contributed by atoms with van der Waals surface area (Å²) in [4.78, 5) is 35.5. The van der Waals surface area contributed by atoms with Crippen molar-refractivity contribution in [1.29, 1.82) is 0 Å². The normalized spacial score (nSPS) is 20.4. The smallest absolute Gasteiger partial charge is 0.321 e. The van der Waals surface area contributed by atoms with Gasteiger partial charge in [-0.1, -0.05) is 6.07 Å². The summed E-state index contributed by atoms with van der Waals surface area (Å²) >= 11 is 0. The van der Waals surface area contributed by atoms with Crippen LogP contribution in [0, 0.1) is 5.92 Å². The minimum Gasteiger partial charge on any atom is -0.493 e. The van der Waals surface area contributed by atoms with Crippen molar-refractivity contribution in [2.45, 2.75) is 19.5 Å². The third-order valence-electron chi connectivity index (χ3n) is 7.18. The molecule has 1 saturated heterocycles. The van der Waals surface area contributed by atoms with Crippen LogP contribution in [0.4, 0.5) is 0 Å². The second-order valence-electron chi connectivity index (χ2n) is 9.53. The molecule has 2 atom stereocenters. The highest BCUT2D eigenvalue weighted by Gasteiger charge is 2.43. The van der Waals surface area contributed by atoms with Crippen LogP contribution in [0.25, 0.3) is 0 Å². The first kappa shape index (κ1) is 27.4. The topological polar surface area (TPSA) is 120 Å². The van der Waals surface area contributed by atoms with Crippen molar-refractivity contribution in [2.24, 2.45) is 10.9 Å². The lowest BCUT2D eigenvalue weighted by atomic mass is 9.90. The Morgan fingerprint density at radius 3 is 2.35 bits per heavy atom. The molecule has 5 rings (SSSR count). The summed E-state index contributed by atoms with van der Waals surface area (Å²) in [5, 5.41) is 2.85. The first-order valence-electron chi connectivity index (χ1n) is 13.2. The SMILES string of the molecule is CCOC(=O)C1C(=O)NC(N2CCN(Cc3ccc4c(c3)OCO4)CC2)=NC1c1cc(OC)c(OC)c(OC)c1. The molecule has 1 amide bonds. The van der Waals surface area contributed by atoms with Crippen molar-refractivity contribution in [3.63, 3.8) is 0 Å². The number of fused-ring (bicyclic) bond motifs is 1. The van der Waals surface area contributed by atoms with Crippen LogP contribution in [0.3, 0.4) is 0 Å². The van der Waals surface area contributed by atoms with Crippen LogP contribution in [-0.2, 0) is 20.9 Å². The third kappa shape index (κ3) is 5.44. The number of carbonyl (C=O) groups is 2. The van der Waals surface area contributed by atoms with Gasteiger partial charge in [-0.2, -0.15) is 0 Å². The van der Waals surface area contributed by atoms with Crippen molar-refractivity contribution in [3.05, 3.63) is 41.5 Å². The highest BCUT2D eigenvalue weighted by Crippen LogP contribution is 2.42. The Bertz CT molecular complexity index is 1270. The van der Waals surface area contributed by atoms with Crippen LogP contribution >= 0.6 is 0 Å². The molecule has 1 fully saturated rings. The fourth-order valence-electron chi connectivity index (χ4n) is 5.15. The van der Waals surface area contributed by atoms with Gasteiger partial charge in [0.05, 0.1) is 27.9 Å². The van der Waals surface area contributed by atoms with E-state index in [0.29, 0.717) is 41.9 Å². The van der Waals surface area contributed by atoms with Crippen LogP contribution in [0.1, 0.15) is 24.1 Å². The molecular weight excluding hydrogens is 520 g/mol. The number of hydrogen-bond acceptors (Lipinski definition) is 11. The zero-order chi connectivity index (χ0) is 28.2. The Balaban J connectivity index is 1.37. The van der Waals surface area contributed by atoms with E-state index in [4.69, 9.17) is 33.4 Å². The summed E-state index contributed by atoms with van der Waals surface area (Å²) < 4.78 is 32.6. The van der Waals surface area contributed by atoms with Gasteiger partial charge in [-0.25, -0.2) is 4.99 Å². The first-order chi connectivity index (χ1) is 19.4. The molecule has 214 valence electrons. The Morgan fingerprint density at radius 2 is 1.70 bits per heavy atom. The number of piperazine rings is 1. The molecule has 1 N–H and O–H groups in total. The van der Waals surface area contributed by atoms with Crippen LogP contribution in [0.2, 0.25) is 0 Å². The van der Waals surface area contributed by atoms with Crippen molar-refractivity contribution >= 4 is 17.8 Å². The Kier molecular flexibility index (Phi) is 8.15. The van der Waals surface area contributed by atoms with Crippen molar-refractivity contribution < 1.29 is 38.0 Å². The van der Waals surface area contributed by atoms with Crippen molar-refractivity contribution in [1.82, 2.24) is 15.1 Å². The number of ether oxygens (including phenoxy) is 6. The van der Waals surface area contributed by atoms with Gasteiger partial charge in [0.15, 0.2) is 28.9 Å². The molecule has 2 unspecified atom stereocenters. The summed E-state index contributed by atoms with van der Waals surface area (Å²) in [5.41, 5.74) is 1.71. The Hall–Kier alpha value is -4.19. The van der Waals surface area contributed by atoms with Gasteiger partial charge >= 0.3 is 5.97 Å². The summed E-state index contributed by atoms with van der Waals surface area (Å²) in [6.45, 7) is 5.68. The van der Waals surface area contributed by atoms with Gasteiger partial charge in [0, 0.05) is 32.7 Å². The molecular formula is C28H34N4O8. The molecule has 12 nitrogen and oxygen atoms in total. The maximum Gasteiger partial charge on any atom is 0.321 e. The minimum atomic E-state index is -1.17. The van der Waals surface area contributed by atoms with Crippen LogP contribution < -0.4 is 29.0 Å². The Morgan fingerprint density at radius 1 is 1.00 bits per heavy atom. The molecule has 0 saturated carbocycles. The van der Waals surface area contributed by atoms with E-state index < -0.39 is 23.8 Å². The lowest BCUT2D eigenvalue weighted by Crippen LogP contribution is -2.57. The minimum absolute atomic E-state index is 0.145. The largest absolute Gasteiger partial charge is 0.493 e. The maximum absolute atomic E-state index is 13.3. The van der Waals surface area contributed by atoms with Crippen LogP contribution in [0.15, 0.2) is 35.3 Å². The van der Waals surface area contributed by atoms with E-state index in [1.54, 1.807) is 19.1 Å². The number of aliphatic imine (C=N–C) groups is 1. The maximum atomic E-state index is 13.3. The first-order valence-corrected chi connectivity index (χ1v) is 13.2. The number of carbonyl (C=O) groups excluding carboxylic acids is 2. The van der Waals surface area contributed by atoms with E-state index in [-0.39, 0.29) is 13.4 Å². The van der Waals surface area contributed by atoms with E-state index in [9.17, 15) is 9.59 Å². The number of esters is 1. The molecule has 0 radical (unpaired) electrons. The number of guanidine groups is 1. The molecule has 40 heavy (non-hydrogen) atoms. The fraction of sp³-hybridized carbons (Fsp3) is 0.464. The summed E-state index contributed by atoms with van der Waals surface area (Å²) in [6, 6.07) is 8.56. The monoisotopic (exact) mass is 554 g/mol. The lowest BCUT2D eigenvalue weighted by Gasteiger charge is -2.39. The number of nitrogens with one attached hydrogen (secondary N) is 1. The molecule has 2 aromatic rings. The average Bonchev–Trinajstić information content (AvgIpc) is 3.44. The van der Waals surface area contributed by atoms with Crippen LogP contribution in [0.5, 0.6) is 28.7 Å². The summed E-state index contributed by atoms with van der Waals surface area (Å²) in [5.74, 6) is 0.890. The molecule has 12 heteroatoms. The number of benzene rings is 2. The van der Waals surface area contributed by atoms with Gasteiger partial charge < -0.3 is 33.3 Å². The fourth-order valence-corrected chi connectivity index (χ4v) is 5.15. The van der Waals surface area contributed by atoms with Crippen LogP contribution in [-0.4, -0.2) is 88.5 Å². The standard InChI is InChI=1S/C28H34N4O8/c1-5-38-27(34)23-24(18-13-21(35-2)25(37-4)22(14-18)36-3)29-28(30-26(23)33)32-10-8-31(9-11-32)15-17-6-7-19-20(12-17)40-16-39-19/h6-7,12-14,23-24H,5,8-11,15-16H2,1-4H3,(H,29,30,33). The summed E-state index contributed by atoms with van der Waals surface area (Å²) in [7, 11) is 4.53. The number of rotatable bonds is 8. The van der Waals surface area contributed by atoms with Gasteiger partial charge in [0.1, 0.15) is 6.04 Å². The zero-order valence-electron chi connectivity index (χ0n) is 23.1. The predicted molar refractivity (Wildman–Crippen MR) is 144 cm³/mol. The van der Waals surface area contributed by atoms with Gasteiger partial charge in [-0.15, -0.1) is 0 Å². The second kappa shape index (κ2) is 11.9. The Labute approximate surface area is 232 Å². The van der Waals surface area contributed by atoms with E-state index >= 15 is 0 Å². The molecule has 3 aliphatic rings. The molecule has 3 heterocycles. The zero-order valence-corrected chi connectivity index (χ0v) is 23.1. The van der Waals surface area contributed by atoms with Gasteiger partial charge in [-0.3, -0.25) is 19.8 Å². The average molecular weight is 555 g/mol. The summed E-state index contributed by atoms with van der Waals surface area (Å²) in [6.07, 6.45) is 0. The van der Waals surface area contributed by atoms with Crippen molar-refractivity contribution in [2.75, 3.05) is 60.9 Å². The number of amides is 1.